The Balaban J connectivity index is 1.12. The van der Waals surface area contributed by atoms with Crippen molar-refractivity contribution in [1.82, 2.24) is 4.57 Å². The molecule has 2 nitrogen and oxygen atoms in total. The highest BCUT2D eigenvalue weighted by molar-refractivity contribution is 7.26. The molecule has 0 fully saturated rings. The number of benzene rings is 9. The number of para-hydroxylation sites is 2. The molecule has 0 saturated heterocycles. The molecule has 11 rings (SSSR count). The maximum Gasteiger partial charge on any atom is 0.0561 e. The van der Waals surface area contributed by atoms with Gasteiger partial charge in [0, 0.05) is 48.0 Å². The predicted octanol–water partition coefficient (Wildman–Crippen LogP) is 15.1. The molecule has 0 atom stereocenters. The Kier molecular flexibility index (Phi) is 7.39. The summed E-state index contributed by atoms with van der Waals surface area (Å²) in [5.41, 5.74) is 11.8. The molecule has 2 heterocycles. The molecule has 2 aromatic heterocycles. The van der Waals surface area contributed by atoms with Crippen molar-refractivity contribution >= 4 is 81.1 Å². The summed E-state index contributed by atoms with van der Waals surface area (Å²) in [6.45, 7) is 0. The third-order valence-corrected chi connectivity index (χ3v) is 12.1. The molecule has 0 N–H and O–H groups in total. The van der Waals surface area contributed by atoms with Crippen molar-refractivity contribution in [2.75, 3.05) is 4.90 Å². The van der Waals surface area contributed by atoms with Gasteiger partial charge in [0.15, 0.2) is 0 Å². The van der Waals surface area contributed by atoms with Crippen LogP contribution in [0.25, 0.3) is 80.7 Å². The third-order valence-electron chi connectivity index (χ3n) is 11.0. The first-order valence-corrected chi connectivity index (χ1v) is 19.6. The molecule has 0 spiro atoms. The molecular weight excluding hydrogens is 685 g/mol. The van der Waals surface area contributed by atoms with E-state index in [0.717, 1.165) is 17.1 Å². The fourth-order valence-corrected chi connectivity index (χ4v) is 9.51. The SMILES string of the molecule is c1ccc(-c2ccc(-c3ccc(N(c4ccc5c6ccccc6n(-c6ccccc6)c5c4)c4cccc5sc6cc7ccccc7cc6c45)cc3)cc2)cc1. The zero-order valence-corrected chi connectivity index (χ0v) is 30.7. The monoisotopic (exact) mass is 718 g/mol. The van der Waals surface area contributed by atoms with Crippen molar-refractivity contribution in [2.45, 2.75) is 0 Å². The second-order valence-corrected chi connectivity index (χ2v) is 15.2. The molecule has 0 radical (unpaired) electrons. The Hall–Kier alpha value is -6.94. The molecule has 0 aliphatic rings. The highest BCUT2D eigenvalue weighted by Crippen LogP contribution is 2.47. The fourth-order valence-electron chi connectivity index (χ4n) is 8.35. The zero-order valence-electron chi connectivity index (χ0n) is 29.9. The molecule has 11 aromatic rings. The van der Waals surface area contributed by atoms with Crippen molar-refractivity contribution in [3.8, 4) is 27.9 Å². The van der Waals surface area contributed by atoms with E-state index in [1.165, 1.54) is 80.7 Å². The van der Waals surface area contributed by atoms with Gasteiger partial charge in [-0.25, -0.2) is 0 Å². The van der Waals surface area contributed by atoms with Crippen LogP contribution < -0.4 is 4.90 Å². The van der Waals surface area contributed by atoms with Crippen molar-refractivity contribution in [1.29, 1.82) is 0 Å². The van der Waals surface area contributed by atoms with E-state index in [4.69, 9.17) is 0 Å². The smallest absolute Gasteiger partial charge is 0.0561 e. The van der Waals surface area contributed by atoms with Gasteiger partial charge in [0.2, 0.25) is 0 Å². The molecule has 0 unspecified atom stereocenters. The van der Waals surface area contributed by atoms with Crippen LogP contribution in [0.4, 0.5) is 17.1 Å². The Bertz CT molecular complexity index is 3180. The first-order valence-electron chi connectivity index (χ1n) is 18.8. The zero-order chi connectivity index (χ0) is 36.3. The highest BCUT2D eigenvalue weighted by atomic mass is 32.1. The second kappa shape index (κ2) is 12.9. The molecule has 0 aliphatic carbocycles. The van der Waals surface area contributed by atoms with Gasteiger partial charge in [0.1, 0.15) is 0 Å². The number of hydrogen-bond acceptors (Lipinski definition) is 2. The lowest BCUT2D eigenvalue weighted by atomic mass is 10.00. The standard InChI is InChI=1S/C52H34N2S/c1-3-12-35(13-4-1)36-22-24-37(25-23-36)38-26-28-42(29-27-38)53(48-20-11-21-50-52(48)46-32-39-14-7-8-15-40(39)33-51(46)55-50)43-30-31-45-44-18-9-10-19-47(44)54(49(45)34-43)41-16-5-2-6-17-41/h1-34H. The van der Waals surface area contributed by atoms with Crippen molar-refractivity contribution in [3.63, 3.8) is 0 Å². The molecule has 0 bridgehead atoms. The van der Waals surface area contributed by atoms with Crippen LogP contribution in [-0.4, -0.2) is 4.57 Å². The molecule has 3 heteroatoms. The van der Waals surface area contributed by atoms with Gasteiger partial charge in [0.25, 0.3) is 0 Å². The van der Waals surface area contributed by atoms with Gasteiger partial charge in [0.05, 0.1) is 16.7 Å². The topological polar surface area (TPSA) is 8.17 Å². The Morgan fingerprint density at radius 3 is 1.69 bits per heavy atom. The Morgan fingerprint density at radius 1 is 0.364 bits per heavy atom. The quantitative estimate of drug-likeness (QED) is 0.166. The average Bonchev–Trinajstić information content (AvgIpc) is 3.79. The molecule has 0 saturated carbocycles. The number of aromatic nitrogens is 1. The van der Waals surface area contributed by atoms with E-state index in [-0.39, 0.29) is 0 Å². The lowest BCUT2D eigenvalue weighted by molar-refractivity contribution is 1.18. The molecule has 9 aromatic carbocycles. The Morgan fingerprint density at radius 2 is 0.945 bits per heavy atom. The van der Waals surface area contributed by atoms with Crippen molar-refractivity contribution in [3.05, 3.63) is 206 Å². The fraction of sp³-hybridized carbons (Fsp3) is 0. The van der Waals surface area contributed by atoms with Gasteiger partial charge >= 0.3 is 0 Å². The van der Waals surface area contributed by atoms with Crippen LogP contribution in [0.1, 0.15) is 0 Å². The molecular formula is C52H34N2S. The van der Waals surface area contributed by atoms with Crippen LogP contribution in [0, 0.1) is 0 Å². The van der Waals surface area contributed by atoms with E-state index in [1.807, 2.05) is 11.3 Å². The Labute approximate surface area is 323 Å². The molecule has 55 heavy (non-hydrogen) atoms. The van der Waals surface area contributed by atoms with Gasteiger partial charge in [-0.15, -0.1) is 11.3 Å². The molecule has 0 aliphatic heterocycles. The summed E-state index contributed by atoms with van der Waals surface area (Å²) in [6, 6.07) is 75.2. The van der Waals surface area contributed by atoms with Crippen LogP contribution in [-0.2, 0) is 0 Å². The van der Waals surface area contributed by atoms with E-state index in [1.54, 1.807) is 0 Å². The third kappa shape index (κ3) is 5.32. The maximum atomic E-state index is 2.46. The van der Waals surface area contributed by atoms with Crippen molar-refractivity contribution in [2.24, 2.45) is 0 Å². The van der Waals surface area contributed by atoms with Gasteiger partial charge in [-0.3, -0.25) is 0 Å². The lowest BCUT2D eigenvalue weighted by Gasteiger charge is -2.27. The first kappa shape index (κ1) is 31.6. The summed E-state index contributed by atoms with van der Waals surface area (Å²) in [5, 5.41) is 7.58. The molecule has 0 amide bonds. The number of rotatable bonds is 6. The van der Waals surface area contributed by atoms with Crippen LogP contribution >= 0.6 is 11.3 Å². The number of nitrogens with zero attached hydrogens (tertiary/aromatic N) is 2. The van der Waals surface area contributed by atoms with E-state index in [2.05, 4.69) is 216 Å². The average molecular weight is 719 g/mol. The minimum Gasteiger partial charge on any atom is -0.310 e. The summed E-state index contributed by atoms with van der Waals surface area (Å²) < 4.78 is 4.99. The van der Waals surface area contributed by atoms with Gasteiger partial charge in [-0.2, -0.15) is 0 Å². The second-order valence-electron chi connectivity index (χ2n) is 14.2. The number of thiophene rings is 1. The van der Waals surface area contributed by atoms with Crippen LogP contribution in [0.5, 0.6) is 0 Å². The van der Waals surface area contributed by atoms with E-state index < -0.39 is 0 Å². The predicted molar refractivity (Wildman–Crippen MR) is 237 cm³/mol. The number of fused-ring (bicyclic) bond motifs is 7. The normalized spacial score (nSPS) is 11.6. The van der Waals surface area contributed by atoms with Crippen LogP contribution in [0.3, 0.4) is 0 Å². The van der Waals surface area contributed by atoms with E-state index >= 15 is 0 Å². The number of anilines is 3. The highest BCUT2D eigenvalue weighted by Gasteiger charge is 2.21. The minimum absolute atomic E-state index is 1.11. The van der Waals surface area contributed by atoms with Crippen LogP contribution in [0.2, 0.25) is 0 Å². The summed E-state index contributed by atoms with van der Waals surface area (Å²) in [4.78, 5) is 2.46. The minimum atomic E-state index is 1.11. The number of hydrogen-bond donors (Lipinski definition) is 0. The van der Waals surface area contributed by atoms with Gasteiger partial charge < -0.3 is 9.47 Å². The molecule has 258 valence electrons. The largest absolute Gasteiger partial charge is 0.310 e. The first-order chi connectivity index (χ1) is 27.3. The maximum absolute atomic E-state index is 2.46. The van der Waals surface area contributed by atoms with E-state index in [0.29, 0.717) is 0 Å². The van der Waals surface area contributed by atoms with Gasteiger partial charge in [-0.1, -0.05) is 140 Å². The summed E-state index contributed by atoms with van der Waals surface area (Å²) >= 11 is 1.87. The summed E-state index contributed by atoms with van der Waals surface area (Å²) in [5.74, 6) is 0. The van der Waals surface area contributed by atoms with Crippen molar-refractivity contribution < 1.29 is 0 Å². The van der Waals surface area contributed by atoms with E-state index in [9.17, 15) is 0 Å². The summed E-state index contributed by atoms with van der Waals surface area (Å²) in [7, 11) is 0. The van der Waals surface area contributed by atoms with Gasteiger partial charge in [-0.05, 0) is 99.8 Å². The summed E-state index contributed by atoms with van der Waals surface area (Å²) in [6.07, 6.45) is 0. The van der Waals surface area contributed by atoms with Crippen LogP contribution in [0.15, 0.2) is 206 Å². The lowest BCUT2D eigenvalue weighted by Crippen LogP contribution is -2.10.